The summed E-state index contributed by atoms with van der Waals surface area (Å²) in [5, 5.41) is 3.40. The molecule has 0 fully saturated rings. The van der Waals surface area contributed by atoms with Gasteiger partial charge in [-0.2, -0.15) is 0 Å². The molecule has 0 unspecified atom stereocenters. The lowest BCUT2D eigenvalue weighted by Crippen LogP contribution is -2.17. The summed E-state index contributed by atoms with van der Waals surface area (Å²) in [4.78, 5) is 17.8. The Bertz CT molecular complexity index is 2710. The fourth-order valence-electron chi connectivity index (χ4n) is 7.33. The van der Waals surface area contributed by atoms with E-state index in [1.165, 1.54) is 22.1 Å². The van der Waals surface area contributed by atoms with E-state index in [2.05, 4.69) is 144 Å². The van der Waals surface area contributed by atoms with Crippen LogP contribution in [0.5, 0.6) is 0 Å². The molecule has 10 rings (SSSR count). The molecule has 7 aromatic carbocycles. The van der Waals surface area contributed by atoms with Crippen LogP contribution in [-0.2, 0) is 0 Å². The van der Waals surface area contributed by atoms with Crippen LogP contribution < -0.4 is 4.90 Å². The Hall–Kier alpha value is -6.65. The number of pyridine rings is 1. The number of anilines is 3. The van der Waals surface area contributed by atoms with Gasteiger partial charge in [-0.05, 0) is 75.8 Å². The van der Waals surface area contributed by atoms with Gasteiger partial charge in [0.15, 0.2) is 5.82 Å². The maximum Gasteiger partial charge on any atom is 0.156 e. The molecule has 3 heterocycles. The van der Waals surface area contributed by atoms with Gasteiger partial charge in [-0.1, -0.05) is 121 Å². The molecule has 0 aliphatic carbocycles. The third-order valence-corrected chi connectivity index (χ3v) is 9.62. The van der Waals surface area contributed by atoms with Gasteiger partial charge < -0.3 is 0 Å². The molecular weight excluding hydrogens is 597 g/mol. The average Bonchev–Trinajstić information content (AvgIpc) is 3.18. The lowest BCUT2D eigenvalue weighted by molar-refractivity contribution is 1.17. The first-order valence-electron chi connectivity index (χ1n) is 16.5. The largest absolute Gasteiger partial charge is 0.292 e. The van der Waals surface area contributed by atoms with E-state index in [0.29, 0.717) is 0 Å². The molecule has 49 heavy (non-hydrogen) atoms. The predicted molar refractivity (Wildman–Crippen MR) is 202 cm³/mol. The summed E-state index contributed by atoms with van der Waals surface area (Å²) < 4.78 is 0. The molecule has 0 N–H and O–H groups in total. The molecule has 0 spiro atoms. The van der Waals surface area contributed by atoms with E-state index < -0.39 is 0 Å². The van der Waals surface area contributed by atoms with E-state index in [1.54, 1.807) is 0 Å². The molecular formula is C45H28N4. The number of para-hydroxylation sites is 2. The second kappa shape index (κ2) is 11.0. The highest BCUT2D eigenvalue weighted by molar-refractivity contribution is 6.24. The number of rotatable bonds is 4. The van der Waals surface area contributed by atoms with Crippen molar-refractivity contribution in [3.63, 3.8) is 0 Å². The van der Waals surface area contributed by atoms with Crippen molar-refractivity contribution in [2.24, 2.45) is 0 Å². The van der Waals surface area contributed by atoms with Crippen molar-refractivity contribution in [1.82, 2.24) is 15.0 Å². The Morgan fingerprint density at radius 1 is 0.388 bits per heavy atom. The molecule has 0 amide bonds. The number of hydrogen-bond acceptors (Lipinski definition) is 4. The van der Waals surface area contributed by atoms with Crippen LogP contribution in [0.25, 0.3) is 77.3 Å². The maximum absolute atomic E-state index is 5.49. The molecule has 0 saturated heterocycles. The fraction of sp³-hybridized carbons (Fsp3) is 0. The van der Waals surface area contributed by atoms with Gasteiger partial charge in [0.1, 0.15) is 0 Å². The van der Waals surface area contributed by atoms with Gasteiger partial charge in [0.05, 0.1) is 39.8 Å². The molecule has 1 aliphatic rings. The summed E-state index contributed by atoms with van der Waals surface area (Å²) in [6.45, 7) is 0. The molecule has 0 radical (unpaired) electrons. The van der Waals surface area contributed by atoms with Crippen LogP contribution in [0.4, 0.5) is 17.2 Å². The zero-order valence-electron chi connectivity index (χ0n) is 26.5. The first-order valence-corrected chi connectivity index (χ1v) is 16.5. The topological polar surface area (TPSA) is 41.9 Å². The highest BCUT2D eigenvalue weighted by Gasteiger charge is 2.31. The minimum Gasteiger partial charge on any atom is -0.292 e. The van der Waals surface area contributed by atoms with Crippen molar-refractivity contribution in [2.75, 3.05) is 4.90 Å². The minimum absolute atomic E-state index is 0.768. The Balaban J connectivity index is 1.35. The van der Waals surface area contributed by atoms with Gasteiger partial charge in [0.25, 0.3) is 0 Å². The van der Waals surface area contributed by atoms with Crippen molar-refractivity contribution in [3.8, 4) is 44.6 Å². The SMILES string of the molecule is c1ccc(-c2ccc3c(c2)-c2nc4ccc(-c5ccccc5)cc4c4c(-c5ccccc5)ccc(c24)N3c2cnc3ccccc3n2)cc1. The van der Waals surface area contributed by atoms with Crippen LogP contribution in [0, 0.1) is 0 Å². The van der Waals surface area contributed by atoms with E-state index in [4.69, 9.17) is 15.0 Å². The second-order valence-electron chi connectivity index (χ2n) is 12.5. The van der Waals surface area contributed by atoms with Crippen LogP contribution >= 0.6 is 0 Å². The summed E-state index contributed by atoms with van der Waals surface area (Å²) in [7, 11) is 0. The van der Waals surface area contributed by atoms with Gasteiger partial charge in [0, 0.05) is 21.7 Å². The third kappa shape index (κ3) is 4.42. The van der Waals surface area contributed by atoms with Gasteiger partial charge in [0.2, 0.25) is 0 Å². The Kier molecular flexibility index (Phi) is 6.15. The minimum atomic E-state index is 0.768. The van der Waals surface area contributed by atoms with E-state index in [-0.39, 0.29) is 0 Å². The lowest BCUT2D eigenvalue weighted by Gasteiger charge is -2.33. The average molecular weight is 625 g/mol. The van der Waals surface area contributed by atoms with E-state index >= 15 is 0 Å². The number of hydrogen-bond donors (Lipinski definition) is 0. The Morgan fingerprint density at radius 2 is 1.00 bits per heavy atom. The predicted octanol–water partition coefficient (Wildman–Crippen LogP) is 11.8. The van der Waals surface area contributed by atoms with Crippen LogP contribution in [0.15, 0.2) is 170 Å². The van der Waals surface area contributed by atoms with E-state index in [1.807, 2.05) is 30.5 Å². The van der Waals surface area contributed by atoms with Crippen molar-refractivity contribution >= 4 is 49.9 Å². The van der Waals surface area contributed by atoms with Gasteiger partial charge in [-0.25, -0.2) is 9.97 Å². The normalized spacial score (nSPS) is 12.0. The Morgan fingerprint density at radius 3 is 1.73 bits per heavy atom. The summed E-state index contributed by atoms with van der Waals surface area (Å²) in [5.74, 6) is 0.768. The van der Waals surface area contributed by atoms with Gasteiger partial charge >= 0.3 is 0 Å². The summed E-state index contributed by atoms with van der Waals surface area (Å²) >= 11 is 0. The van der Waals surface area contributed by atoms with Gasteiger partial charge in [-0.15, -0.1) is 0 Å². The lowest BCUT2D eigenvalue weighted by atomic mass is 9.87. The van der Waals surface area contributed by atoms with Crippen LogP contribution in [0.1, 0.15) is 0 Å². The zero-order valence-corrected chi connectivity index (χ0v) is 26.5. The van der Waals surface area contributed by atoms with Crippen LogP contribution in [0.3, 0.4) is 0 Å². The van der Waals surface area contributed by atoms with Crippen molar-refractivity contribution in [3.05, 3.63) is 170 Å². The molecule has 0 atom stereocenters. The third-order valence-electron chi connectivity index (χ3n) is 9.62. The molecule has 0 saturated carbocycles. The molecule has 2 aromatic heterocycles. The number of benzene rings is 7. The van der Waals surface area contributed by atoms with Crippen molar-refractivity contribution in [2.45, 2.75) is 0 Å². The molecule has 228 valence electrons. The Labute approximate surface area is 283 Å². The highest BCUT2D eigenvalue weighted by Crippen LogP contribution is 2.53. The quantitative estimate of drug-likeness (QED) is 0.183. The van der Waals surface area contributed by atoms with Crippen LogP contribution in [-0.4, -0.2) is 15.0 Å². The standard InChI is InChI=1S/C45H28N4/c1-4-12-29(13-5-1)32-20-23-37-35(26-32)43-34(31-16-8-3-9-17-31)22-25-41-44(43)45(48-37)36-27-33(30-14-6-2-7-15-30)21-24-40(36)49(41)42-28-46-38-18-10-11-19-39(38)47-42/h1-28H. The summed E-state index contributed by atoms with van der Waals surface area (Å²) in [5.41, 5.74) is 13.8. The number of nitrogens with zero attached hydrogens (tertiary/aromatic N) is 4. The van der Waals surface area contributed by atoms with Crippen molar-refractivity contribution < 1.29 is 0 Å². The maximum atomic E-state index is 5.49. The van der Waals surface area contributed by atoms with E-state index in [9.17, 15) is 0 Å². The van der Waals surface area contributed by atoms with Gasteiger partial charge in [-0.3, -0.25) is 9.88 Å². The first kappa shape index (κ1) is 27.5. The molecule has 1 aliphatic heterocycles. The summed E-state index contributed by atoms with van der Waals surface area (Å²) in [6, 6.07) is 57.7. The second-order valence-corrected chi connectivity index (χ2v) is 12.5. The first-order chi connectivity index (χ1) is 24.3. The molecule has 0 bridgehead atoms. The number of aromatic nitrogens is 3. The number of fused-ring (bicyclic) bond motifs is 5. The van der Waals surface area contributed by atoms with E-state index in [0.717, 1.165) is 72.5 Å². The highest BCUT2D eigenvalue weighted by atomic mass is 15.2. The summed E-state index contributed by atoms with van der Waals surface area (Å²) in [6.07, 6.45) is 1.89. The molecule has 4 heteroatoms. The fourth-order valence-corrected chi connectivity index (χ4v) is 7.33. The zero-order chi connectivity index (χ0) is 32.3. The van der Waals surface area contributed by atoms with Crippen LogP contribution in [0.2, 0.25) is 0 Å². The molecule has 9 aromatic rings. The molecule has 4 nitrogen and oxygen atoms in total. The smallest absolute Gasteiger partial charge is 0.156 e. The monoisotopic (exact) mass is 624 g/mol. The van der Waals surface area contributed by atoms with Crippen molar-refractivity contribution in [1.29, 1.82) is 0 Å².